The molecule has 0 radical (unpaired) electrons. The lowest BCUT2D eigenvalue weighted by molar-refractivity contribution is -0.116. The molecule has 158 valence electrons. The van der Waals surface area contributed by atoms with Gasteiger partial charge < -0.3 is 10.1 Å². The Labute approximate surface area is 191 Å². The van der Waals surface area contributed by atoms with E-state index in [1.165, 1.54) is 22.2 Å². The first-order valence-electron chi connectivity index (χ1n) is 9.56. The number of halogens is 1. The molecule has 0 fully saturated rings. The molecule has 2 aromatic heterocycles. The molecule has 6 nitrogen and oxygen atoms in total. The Morgan fingerprint density at radius 3 is 2.65 bits per heavy atom. The van der Waals surface area contributed by atoms with Gasteiger partial charge in [0, 0.05) is 14.9 Å². The van der Waals surface area contributed by atoms with Crippen molar-refractivity contribution in [2.75, 3.05) is 12.4 Å². The van der Waals surface area contributed by atoms with Gasteiger partial charge in [-0.3, -0.25) is 14.2 Å². The monoisotopic (exact) mass is 497 g/mol. The highest BCUT2D eigenvalue weighted by Crippen LogP contribution is 2.35. The third-order valence-electron chi connectivity index (χ3n) is 4.93. The third-order valence-corrected chi connectivity index (χ3v) is 6.47. The molecule has 31 heavy (non-hydrogen) atoms. The fraction of sp³-hybridized carbons (Fsp3) is 0.174. The maximum absolute atomic E-state index is 13.3. The van der Waals surface area contributed by atoms with Gasteiger partial charge in [0.05, 0.1) is 24.5 Å². The van der Waals surface area contributed by atoms with Gasteiger partial charge in [-0.25, -0.2) is 4.98 Å². The van der Waals surface area contributed by atoms with Crippen LogP contribution in [0, 0.1) is 13.8 Å². The molecule has 0 bridgehead atoms. The van der Waals surface area contributed by atoms with Crippen LogP contribution in [0.25, 0.3) is 21.3 Å². The molecule has 0 saturated heterocycles. The van der Waals surface area contributed by atoms with Crippen LogP contribution < -0.4 is 15.6 Å². The molecule has 0 aliphatic carbocycles. The van der Waals surface area contributed by atoms with E-state index in [1.807, 2.05) is 50.2 Å². The first kappa shape index (κ1) is 21.3. The number of aromatic nitrogens is 2. The van der Waals surface area contributed by atoms with Gasteiger partial charge in [-0.2, -0.15) is 0 Å². The zero-order chi connectivity index (χ0) is 22.1. The van der Waals surface area contributed by atoms with Crippen molar-refractivity contribution in [1.82, 2.24) is 9.55 Å². The van der Waals surface area contributed by atoms with E-state index in [9.17, 15) is 9.59 Å². The zero-order valence-electron chi connectivity index (χ0n) is 17.2. The Balaban J connectivity index is 1.69. The number of methoxy groups -OCH3 is 1. The molecule has 0 unspecified atom stereocenters. The predicted octanol–water partition coefficient (Wildman–Crippen LogP) is 5.15. The van der Waals surface area contributed by atoms with Crippen molar-refractivity contribution in [3.63, 3.8) is 0 Å². The SMILES string of the molecule is COc1ccc(C)cc1NC(=O)Cn1cnc2sc(C)c(-c3ccc(Br)cc3)c2c1=O. The minimum Gasteiger partial charge on any atom is -0.495 e. The summed E-state index contributed by atoms with van der Waals surface area (Å²) in [4.78, 5) is 32.1. The van der Waals surface area contributed by atoms with Crippen molar-refractivity contribution >= 4 is 49.1 Å². The lowest BCUT2D eigenvalue weighted by atomic mass is 10.0. The first-order chi connectivity index (χ1) is 14.9. The summed E-state index contributed by atoms with van der Waals surface area (Å²) in [5.74, 6) is 0.232. The highest BCUT2D eigenvalue weighted by atomic mass is 79.9. The summed E-state index contributed by atoms with van der Waals surface area (Å²) >= 11 is 4.92. The molecule has 1 N–H and O–H groups in total. The maximum Gasteiger partial charge on any atom is 0.263 e. The highest BCUT2D eigenvalue weighted by molar-refractivity contribution is 9.10. The third kappa shape index (κ3) is 4.26. The summed E-state index contributed by atoms with van der Waals surface area (Å²) in [5, 5.41) is 3.37. The standard InChI is InChI=1S/C23H20BrN3O3S/c1-13-4-9-18(30-3)17(10-13)26-19(28)11-27-12-25-22-21(23(27)29)20(14(2)31-22)15-5-7-16(24)8-6-15/h4-10,12H,11H2,1-3H3,(H,26,28). The molecule has 0 atom stereocenters. The molecule has 0 spiro atoms. The number of fused-ring (bicyclic) bond motifs is 1. The summed E-state index contributed by atoms with van der Waals surface area (Å²) in [5.41, 5.74) is 3.12. The summed E-state index contributed by atoms with van der Waals surface area (Å²) in [6.07, 6.45) is 1.43. The number of nitrogens with one attached hydrogen (secondary N) is 1. The van der Waals surface area contributed by atoms with Gasteiger partial charge in [0.1, 0.15) is 17.1 Å². The number of carbonyl (C=O) groups is 1. The normalized spacial score (nSPS) is 11.0. The van der Waals surface area contributed by atoms with E-state index in [4.69, 9.17) is 4.74 Å². The minimum absolute atomic E-state index is 0.145. The second-order valence-corrected chi connectivity index (χ2v) is 9.27. The molecule has 0 aliphatic rings. The van der Waals surface area contributed by atoms with Crippen molar-refractivity contribution in [3.05, 3.63) is 74.1 Å². The fourth-order valence-electron chi connectivity index (χ4n) is 3.48. The second-order valence-electron chi connectivity index (χ2n) is 7.15. The van der Waals surface area contributed by atoms with E-state index >= 15 is 0 Å². The second kappa shape index (κ2) is 8.64. The van der Waals surface area contributed by atoms with E-state index in [1.54, 1.807) is 13.2 Å². The largest absolute Gasteiger partial charge is 0.495 e. The molecular weight excluding hydrogens is 478 g/mol. The molecule has 0 aliphatic heterocycles. The number of benzene rings is 2. The van der Waals surface area contributed by atoms with Crippen molar-refractivity contribution in [1.29, 1.82) is 0 Å². The van der Waals surface area contributed by atoms with E-state index in [-0.39, 0.29) is 18.0 Å². The average Bonchev–Trinajstić information content (AvgIpc) is 3.07. The number of rotatable bonds is 5. The Morgan fingerprint density at radius 2 is 1.94 bits per heavy atom. The molecule has 1 amide bonds. The Morgan fingerprint density at radius 1 is 1.19 bits per heavy atom. The van der Waals surface area contributed by atoms with Gasteiger partial charge in [-0.05, 0) is 49.2 Å². The van der Waals surface area contributed by atoms with Crippen LogP contribution in [0.1, 0.15) is 10.4 Å². The summed E-state index contributed by atoms with van der Waals surface area (Å²) in [7, 11) is 1.55. The Hall–Kier alpha value is -2.97. The molecule has 0 saturated carbocycles. The molecule has 2 heterocycles. The van der Waals surface area contributed by atoms with Gasteiger partial charge in [0.2, 0.25) is 5.91 Å². The Kier molecular flexibility index (Phi) is 5.93. The first-order valence-corrected chi connectivity index (χ1v) is 11.2. The van der Waals surface area contributed by atoms with Gasteiger partial charge in [0.15, 0.2) is 0 Å². The van der Waals surface area contributed by atoms with Crippen molar-refractivity contribution in [2.45, 2.75) is 20.4 Å². The van der Waals surface area contributed by atoms with Gasteiger partial charge in [-0.1, -0.05) is 34.1 Å². The van der Waals surface area contributed by atoms with Gasteiger partial charge in [0.25, 0.3) is 5.56 Å². The van der Waals surface area contributed by atoms with Crippen LogP contribution >= 0.6 is 27.3 Å². The number of ether oxygens (including phenoxy) is 1. The van der Waals surface area contributed by atoms with Crippen molar-refractivity contribution < 1.29 is 9.53 Å². The van der Waals surface area contributed by atoms with Gasteiger partial charge >= 0.3 is 0 Å². The lowest BCUT2D eigenvalue weighted by Crippen LogP contribution is -2.28. The quantitative estimate of drug-likeness (QED) is 0.413. The fourth-order valence-corrected chi connectivity index (χ4v) is 4.75. The summed E-state index contributed by atoms with van der Waals surface area (Å²) in [6.45, 7) is 3.76. The topological polar surface area (TPSA) is 73.2 Å². The highest BCUT2D eigenvalue weighted by Gasteiger charge is 2.18. The zero-order valence-corrected chi connectivity index (χ0v) is 19.6. The van der Waals surface area contributed by atoms with E-state index < -0.39 is 0 Å². The van der Waals surface area contributed by atoms with Crippen LogP contribution in [0.4, 0.5) is 5.69 Å². The molecular formula is C23H20BrN3O3S. The minimum atomic E-state index is -0.329. The van der Waals surface area contributed by atoms with Crippen LogP contribution in [0.15, 0.2) is 58.1 Å². The number of nitrogens with zero attached hydrogens (tertiary/aromatic N) is 2. The van der Waals surface area contributed by atoms with Gasteiger partial charge in [-0.15, -0.1) is 11.3 Å². The van der Waals surface area contributed by atoms with Crippen LogP contribution in [0.5, 0.6) is 5.75 Å². The van der Waals surface area contributed by atoms with Crippen LogP contribution in [0.3, 0.4) is 0 Å². The summed E-state index contributed by atoms with van der Waals surface area (Å²) in [6, 6.07) is 13.3. The lowest BCUT2D eigenvalue weighted by Gasteiger charge is -2.12. The molecule has 2 aromatic carbocycles. The average molecular weight is 498 g/mol. The number of hydrogen-bond donors (Lipinski definition) is 1. The number of amides is 1. The van der Waals surface area contributed by atoms with E-state index in [0.29, 0.717) is 21.7 Å². The Bertz CT molecular complexity index is 1340. The van der Waals surface area contributed by atoms with E-state index in [2.05, 4.69) is 26.2 Å². The smallest absolute Gasteiger partial charge is 0.263 e. The molecule has 4 rings (SSSR count). The number of aryl methyl sites for hydroxylation is 2. The number of anilines is 1. The maximum atomic E-state index is 13.3. The summed E-state index contributed by atoms with van der Waals surface area (Å²) < 4.78 is 7.62. The number of thiophene rings is 1. The van der Waals surface area contributed by atoms with E-state index in [0.717, 1.165) is 26.0 Å². The van der Waals surface area contributed by atoms with Crippen LogP contribution in [0.2, 0.25) is 0 Å². The van der Waals surface area contributed by atoms with Crippen molar-refractivity contribution in [3.8, 4) is 16.9 Å². The molecule has 8 heteroatoms. The molecule has 4 aromatic rings. The van der Waals surface area contributed by atoms with Crippen LogP contribution in [-0.2, 0) is 11.3 Å². The number of carbonyl (C=O) groups excluding carboxylic acids is 1. The predicted molar refractivity (Wildman–Crippen MR) is 128 cm³/mol. The van der Waals surface area contributed by atoms with Crippen molar-refractivity contribution in [2.24, 2.45) is 0 Å². The number of hydrogen-bond acceptors (Lipinski definition) is 5. The van der Waals surface area contributed by atoms with Crippen LogP contribution in [-0.4, -0.2) is 22.6 Å².